The van der Waals surface area contributed by atoms with Crippen molar-refractivity contribution in [1.29, 1.82) is 0 Å². The van der Waals surface area contributed by atoms with Crippen LogP contribution in [0, 0.1) is 13.8 Å². The van der Waals surface area contributed by atoms with Gasteiger partial charge in [-0.15, -0.1) is 0 Å². The van der Waals surface area contributed by atoms with E-state index >= 15 is 0 Å². The zero-order valence-corrected chi connectivity index (χ0v) is 11.4. The van der Waals surface area contributed by atoms with E-state index in [1.165, 1.54) is 12.1 Å². The number of nitrogens with one attached hydrogen (secondary N) is 3. The summed E-state index contributed by atoms with van der Waals surface area (Å²) in [6.07, 6.45) is 0. The first-order valence-electron chi connectivity index (χ1n) is 5.55. The number of nitrogen functional groups attached to an aromatic ring is 1. The summed E-state index contributed by atoms with van der Waals surface area (Å²) in [4.78, 5) is 0.159. The Morgan fingerprint density at radius 2 is 1.84 bits per heavy atom. The summed E-state index contributed by atoms with van der Waals surface area (Å²) in [6.45, 7) is 3.47. The van der Waals surface area contributed by atoms with Crippen molar-refractivity contribution in [3.63, 3.8) is 0 Å². The highest BCUT2D eigenvalue weighted by molar-refractivity contribution is 7.92. The van der Waals surface area contributed by atoms with Crippen LogP contribution in [-0.4, -0.2) is 18.6 Å². The first-order chi connectivity index (χ1) is 8.94. The van der Waals surface area contributed by atoms with Gasteiger partial charge in [0.25, 0.3) is 10.0 Å². The fraction of sp³-hybridized carbons (Fsp3) is 0.182. The lowest BCUT2D eigenvalue weighted by molar-refractivity contribution is 0.601. The Morgan fingerprint density at radius 1 is 1.21 bits per heavy atom. The van der Waals surface area contributed by atoms with Crippen LogP contribution in [0.3, 0.4) is 0 Å². The van der Waals surface area contributed by atoms with E-state index in [1.54, 1.807) is 26.0 Å². The van der Waals surface area contributed by atoms with Crippen LogP contribution in [0.5, 0.6) is 0 Å². The molecule has 2 aromatic rings. The maximum atomic E-state index is 12.2. The predicted octanol–water partition coefficient (Wildman–Crippen LogP) is 1.11. The standard InChI is InChI=1S/C11H15N5O2S/c1-7-11(8(2)15-14-7)16-19(17,18)10-5-3-9(13-12)4-6-10/h3-6,13,16H,12H2,1-2H3,(H,14,15). The number of benzene rings is 1. The molecule has 0 radical (unpaired) electrons. The Kier molecular flexibility index (Phi) is 3.45. The maximum absolute atomic E-state index is 12.2. The van der Waals surface area contributed by atoms with Crippen LogP contribution in [0.15, 0.2) is 29.2 Å². The summed E-state index contributed by atoms with van der Waals surface area (Å²) >= 11 is 0. The van der Waals surface area contributed by atoms with Gasteiger partial charge in [-0.1, -0.05) is 0 Å². The van der Waals surface area contributed by atoms with Crippen LogP contribution in [-0.2, 0) is 10.0 Å². The lowest BCUT2D eigenvalue weighted by atomic mass is 10.3. The van der Waals surface area contributed by atoms with E-state index in [1.807, 2.05) is 0 Å². The molecule has 0 aliphatic rings. The molecule has 8 heteroatoms. The van der Waals surface area contributed by atoms with Crippen LogP contribution in [0.2, 0.25) is 0 Å². The fourth-order valence-electron chi connectivity index (χ4n) is 1.62. The minimum Gasteiger partial charge on any atom is -0.324 e. The highest BCUT2D eigenvalue weighted by Gasteiger charge is 2.17. The number of anilines is 2. The number of aryl methyl sites for hydroxylation is 2. The minimum absolute atomic E-state index is 0.159. The molecule has 0 fully saturated rings. The molecule has 0 aliphatic heterocycles. The molecule has 19 heavy (non-hydrogen) atoms. The van der Waals surface area contributed by atoms with Gasteiger partial charge in [0.1, 0.15) is 0 Å². The molecule has 0 aliphatic carbocycles. The summed E-state index contributed by atoms with van der Waals surface area (Å²) in [5.74, 6) is 5.23. The minimum atomic E-state index is -3.63. The number of sulfonamides is 1. The molecule has 0 bridgehead atoms. The normalized spacial score (nSPS) is 11.3. The number of hydrogen-bond acceptors (Lipinski definition) is 5. The smallest absolute Gasteiger partial charge is 0.262 e. The molecule has 0 saturated heterocycles. The molecule has 5 N–H and O–H groups in total. The maximum Gasteiger partial charge on any atom is 0.262 e. The molecule has 2 rings (SSSR count). The number of rotatable bonds is 4. The van der Waals surface area contributed by atoms with Crippen molar-refractivity contribution in [3.05, 3.63) is 35.7 Å². The zero-order valence-electron chi connectivity index (χ0n) is 10.6. The Labute approximate surface area is 111 Å². The SMILES string of the molecule is Cc1n[nH]c(C)c1NS(=O)(=O)c1ccc(NN)cc1. The summed E-state index contributed by atoms with van der Waals surface area (Å²) in [5, 5.41) is 6.67. The lowest BCUT2D eigenvalue weighted by Crippen LogP contribution is -2.14. The first-order valence-corrected chi connectivity index (χ1v) is 7.03. The zero-order chi connectivity index (χ0) is 14.0. The topological polar surface area (TPSA) is 113 Å². The van der Waals surface area contributed by atoms with Gasteiger partial charge in [-0.25, -0.2) is 8.42 Å². The third-order valence-electron chi connectivity index (χ3n) is 2.70. The van der Waals surface area contributed by atoms with Gasteiger partial charge in [-0.05, 0) is 38.1 Å². The Morgan fingerprint density at radius 3 is 2.32 bits per heavy atom. The van der Waals surface area contributed by atoms with Crippen LogP contribution < -0.4 is 16.0 Å². The van der Waals surface area contributed by atoms with E-state index in [2.05, 4.69) is 20.3 Å². The number of hydrazine groups is 1. The van der Waals surface area contributed by atoms with E-state index in [-0.39, 0.29) is 4.90 Å². The number of nitrogens with zero attached hydrogens (tertiary/aromatic N) is 1. The summed E-state index contributed by atoms with van der Waals surface area (Å²) in [5.41, 5.74) is 4.81. The third kappa shape index (κ3) is 2.69. The van der Waals surface area contributed by atoms with E-state index in [0.717, 1.165) is 0 Å². The van der Waals surface area contributed by atoms with Crippen molar-refractivity contribution >= 4 is 21.4 Å². The Bertz CT molecular complexity index is 656. The molecular formula is C11H15N5O2S. The number of H-pyrrole nitrogens is 1. The quantitative estimate of drug-likeness (QED) is 0.495. The first kappa shape index (κ1) is 13.4. The second-order valence-electron chi connectivity index (χ2n) is 4.08. The lowest BCUT2D eigenvalue weighted by Gasteiger charge is -2.08. The second-order valence-corrected chi connectivity index (χ2v) is 5.77. The van der Waals surface area contributed by atoms with Crippen molar-refractivity contribution in [2.24, 2.45) is 5.84 Å². The highest BCUT2D eigenvalue weighted by Crippen LogP contribution is 2.21. The molecule has 1 heterocycles. The van der Waals surface area contributed by atoms with Crippen LogP contribution in [0.25, 0.3) is 0 Å². The van der Waals surface area contributed by atoms with E-state index in [9.17, 15) is 8.42 Å². The Balaban J connectivity index is 2.32. The third-order valence-corrected chi connectivity index (χ3v) is 4.06. The Hall–Kier alpha value is -2.06. The summed E-state index contributed by atoms with van der Waals surface area (Å²) in [7, 11) is -3.63. The van der Waals surface area contributed by atoms with Crippen LogP contribution in [0.4, 0.5) is 11.4 Å². The van der Waals surface area contributed by atoms with Crippen molar-refractivity contribution in [2.75, 3.05) is 10.1 Å². The van der Waals surface area contributed by atoms with Gasteiger partial charge in [0.05, 0.1) is 22.0 Å². The van der Waals surface area contributed by atoms with E-state index in [4.69, 9.17) is 5.84 Å². The molecule has 0 spiro atoms. The second kappa shape index (κ2) is 4.90. The predicted molar refractivity (Wildman–Crippen MR) is 73.1 cm³/mol. The van der Waals surface area contributed by atoms with Crippen molar-refractivity contribution in [3.8, 4) is 0 Å². The summed E-state index contributed by atoms with van der Waals surface area (Å²) in [6, 6.07) is 6.12. The van der Waals surface area contributed by atoms with E-state index in [0.29, 0.717) is 22.8 Å². The molecule has 0 atom stereocenters. The van der Waals surface area contributed by atoms with Crippen molar-refractivity contribution in [2.45, 2.75) is 18.7 Å². The molecule has 1 aromatic heterocycles. The van der Waals surface area contributed by atoms with Crippen LogP contribution in [0.1, 0.15) is 11.4 Å². The van der Waals surface area contributed by atoms with E-state index < -0.39 is 10.0 Å². The fourth-order valence-corrected chi connectivity index (χ4v) is 2.81. The highest BCUT2D eigenvalue weighted by atomic mass is 32.2. The molecule has 7 nitrogen and oxygen atoms in total. The van der Waals surface area contributed by atoms with Crippen LogP contribution >= 0.6 is 0 Å². The number of hydrogen-bond donors (Lipinski definition) is 4. The van der Waals surface area contributed by atoms with Crippen molar-refractivity contribution in [1.82, 2.24) is 10.2 Å². The van der Waals surface area contributed by atoms with Gasteiger partial charge in [0.15, 0.2) is 0 Å². The molecular weight excluding hydrogens is 266 g/mol. The molecule has 1 aromatic carbocycles. The van der Waals surface area contributed by atoms with Gasteiger partial charge in [0, 0.05) is 5.69 Å². The van der Waals surface area contributed by atoms with Gasteiger partial charge in [0.2, 0.25) is 0 Å². The van der Waals surface area contributed by atoms with Gasteiger partial charge >= 0.3 is 0 Å². The molecule has 0 amide bonds. The monoisotopic (exact) mass is 281 g/mol. The van der Waals surface area contributed by atoms with Gasteiger partial charge in [-0.3, -0.25) is 15.7 Å². The molecule has 102 valence electrons. The molecule has 0 saturated carbocycles. The number of aromatic amines is 1. The number of aromatic nitrogens is 2. The number of nitrogens with two attached hydrogens (primary N) is 1. The van der Waals surface area contributed by atoms with Gasteiger partial charge < -0.3 is 5.43 Å². The van der Waals surface area contributed by atoms with Crippen molar-refractivity contribution < 1.29 is 8.42 Å². The van der Waals surface area contributed by atoms with Gasteiger partial charge in [-0.2, -0.15) is 5.10 Å². The molecule has 0 unspecified atom stereocenters. The average Bonchev–Trinajstić information content (AvgIpc) is 2.70. The largest absolute Gasteiger partial charge is 0.324 e. The summed E-state index contributed by atoms with van der Waals surface area (Å²) < 4.78 is 26.9. The average molecular weight is 281 g/mol.